The van der Waals surface area contributed by atoms with Gasteiger partial charge in [-0.15, -0.1) is 11.3 Å². The highest BCUT2D eigenvalue weighted by molar-refractivity contribution is 7.13. The summed E-state index contributed by atoms with van der Waals surface area (Å²) in [6.07, 6.45) is 3.28. The maximum atomic E-state index is 12.8. The van der Waals surface area contributed by atoms with Crippen LogP contribution in [-0.4, -0.2) is 19.5 Å². The number of para-hydroxylation sites is 1. The van der Waals surface area contributed by atoms with Crippen LogP contribution in [0.2, 0.25) is 0 Å². The highest BCUT2D eigenvalue weighted by Crippen LogP contribution is 2.25. The largest absolute Gasteiger partial charge is 0.448 e. The number of thiazole rings is 1. The summed E-state index contributed by atoms with van der Waals surface area (Å²) in [5.74, 6) is 0. The number of furan rings is 1. The summed E-state index contributed by atoms with van der Waals surface area (Å²) >= 11 is 1.50. The number of hydrogen-bond donors (Lipinski definition) is 0. The number of fused-ring (bicyclic) bond motifs is 3. The summed E-state index contributed by atoms with van der Waals surface area (Å²) in [6.45, 7) is 0.335. The molecular weight excluding hydrogens is 348 g/mol. The summed E-state index contributed by atoms with van der Waals surface area (Å²) in [5.41, 5.74) is 2.93. The first-order valence-corrected chi connectivity index (χ1v) is 8.90. The lowest BCUT2D eigenvalue weighted by Gasteiger charge is -2.01. The van der Waals surface area contributed by atoms with Crippen molar-refractivity contribution in [2.24, 2.45) is 0 Å². The molecule has 0 saturated heterocycles. The van der Waals surface area contributed by atoms with E-state index in [9.17, 15) is 4.79 Å². The minimum atomic E-state index is -0.210. The van der Waals surface area contributed by atoms with Gasteiger partial charge in [0, 0.05) is 17.0 Å². The Labute approximate surface area is 151 Å². The van der Waals surface area contributed by atoms with Crippen LogP contribution in [0.4, 0.5) is 0 Å². The normalized spacial score (nSPS) is 11.4. The summed E-state index contributed by atoms with van der Waals surface area (Å²) in [7, 11) is 0. The van der Waals surface area contributed by atoms with Gasteiger partial charge in [-0.3, -0.25) is 14.3 Å². The van der Waals surface area contributed by atoms with Gasteiger partial charge >= 0.3 is 0 Å². The Kier molecular flexibility index (Phi) is 3.39. The maximum Gasteiger partial charge on any atom is 0.297 e. The average Bonchev–Trinajstić information content (AvgIpc) is 3.30. The zero-order chi connectivity index (χ0) is 17.5. The standard InChI is InChI=1S/C19H12N4O2S/c24-19-17-16(13-5-1-2-7-15(13)25-17)21-11-23(19)9-12-10-26-18(22-12)14-6-3-4-8-20-14/h1-8,10-11H,9H2. The van der Waals surface area contributed by atoms with Crippen LogP contribution in [0.3, 0.4) is 0 Å². The predicted octanol–water partition coefficient (Wildman–Crippen LogP) is 3.71. The van der Waals surface area contributed by atoms with E-state index < -0.39 is 0 Å². The van der Waals surface area contributed by atoms with Crippen LogP contribution >= 0.6 is 11.3 Å². The number of benzene rings is 1. The lowest BCUT2D eigenvalue weighted by Crippen LogP contribution is -2.20. The summed E-state index contributed by atoms with van der Waals surface area (Å²) in [5, 5.41) is 3.60. The zero-order valence-electron chi connectivity index (χ0n) is 13.5. The molecule has 4 aromatic heterocycles. The number of rotatable bonds is 3. The highest BCUT2D eigenvalue weighted by atomic mass is 32.1. The lowest BCUT2D eigenvalue weighted by molar-refractivity contribution is 0.641. The van der Waals surface area contributed by atoms with Crippen LogP contribution < -0.4 is 5.56 Å². The van der Waals surface area contributed by atoms with E-state index in [1.165, 1.54) is 15.9 Å². The second-order valence-electron chi connectivity index (χ2n) is 5.81. The summed E-state index contributed by atoms with van der Waals surface area (Å²) in [4.78, 5) is 26.1. The van der Waals surface area contributed by atoms with Gasteiger partial charge in [-0.1, -0.05) is 18.2 Å². The van der Waals surface area contributed by atoms with E-state index in [0.29, 0.717) is 17.6 Å². The van der Waals surface area contributed by atoms with Crippen LogP contribution in [0.5, 0.6) is 0 Å². The van der Waals surface area contributed by atoms with Crippen molar-refractivity contribution >= 4 is 33.4 Å². The molecule has 0 spiro atoms. The van der Waals surface area contributed by atoms with Crippen LogP contribution in [0.15, 0.2) is 69.6 Å². The van der Waals surface area contributed by atoms with Gasteiger partial charge in [0.05, 0.1) is 24.3 Å². The first-order chi connectivity index (χ1) is 12.8. The van der Waals surface area contributed by atoms with E-state index in [2.05, 4.69) is 15.0 Å². The predicted molar refractivity (Wildman–Crippen MR) is 100 cm³/mol. The SMILES string of the molecule is O=c1c2oc3ccccc3c2ncn1Cc1csc(-c2ccccn2)n1. The molecule has 6 nitrogen and oxygen atoms in total. The molecule has 0 bridgehead atoms. The Balaban J connectivity index is 1.54. The molecule has 0 radical (unpaired) electrons. The second kappa shape index (κ2) is 5.89. The molecule has 0 aliphatic heterocycles. The summed E-state index contributed by atoms with van der Waals surface area (Å²) < 4.78 is 7.23. The Morgan fingerprint density at radius 3 is 2.85 bits per heavy atom. The molecule has 0 saturated carbocycles. The van der Waals surface area contributed by atoms with E-state index in [1.54, 1.807) is 12.5 Å². The van der Waals surface area contributed by atoms with Crippen molar-refractivity contribution < 1.29 is 4.42 Å². The van der Waals surface area contributed by atoms with Crippen molar-refractivity contribution in [3.05, 3.63) is 76.4 Å². The molecule has 0 aliphatic rings. The third kappa shape index (κ3) is 2.41. The molecule has 0 N–H and O–H groups in total. The Hall–Kier alpha value is -3.32. The molecule has 0 amide bonds. The molecule has 7 heteroatoms. The van der Waals surface area contributed by atoms with Crippen molar-refractivity contribution in [1.82, 2.24) is 19.5 Å². The Morgan fingerprint density at radius 2 is 1.96 bits per heavy atom. The van der Waals surface area contributed by atoms with Gasteiger partial charge in [0.25, 0.3) is 5.56 Å². The first kappa shape index (κ1) is 15.0. The Morgan fingerprint density at radius 1 is 1.08 bits per heavy atom. The van der Waals surface area contributed by atoms with Gasteiger partial charge in [0.1, 0.15) is 16.1 Å². The highest BCUT2D eigenvalue weighted by Gasteiger charge is 2.14. The number of nitrogens with zero attached hydrogens (tertiary/aromatic N) is 4. The van der Waals surface area contributed by atoms with Crippen LogP contribution in [0, 0.1) is 0 Å². The van der Waals surface area contributed by atoms with Crippen molar-refractivity contribution in [2.45, 2.75) is 6.54 Å². The minimum Gasteiger partial charge on any atom is -0.448 e. The number of hydrogen-bond acceptors (Lipinski definition) is 6. The van der Waals surface area contributed by atoms with Gasteiger partial charge in [0.2, 0.25) is 5.58 Å². The molecule has 0 unspecified atom stereocenters. The van der Waals surface area contributed by atoms with Crippen molar-refractivity contribution in [1.29, 1.82) is 0 Å². The average molecular weight is 360 g/mol. The number of aromatic nitrogens is 4. The Bertz CT molecular complexity index is 1290. The third-order valence-corrected chi connectivity index (χ3v) is 5.03. The summed E-state index contributed by atoms with van der Waals surface area (Å²) in [6, 6.07) is 13.2. The fraction of sp³-hybridized carbons (Fsp3) is 0.0526. The fourth-order valence-corrected chi connectivity index (χ4v) is 3.68. The van der Waals surface area contributed by atoms with E-state index in [-0.39, 0.29) is 11.1 Å². The molecule has 4 heterocycles. The van der Waals surface area contributed by atoms with E-state index in [0.717, 1.165) is 21.8 Å². The van der Waals surface area contributed by atoms with Crippen molar-refractivity contribution in [3.8, 4) is 10.7 Å². The third-order valence-electron chi connectivity index (χ3n) is 4.12. The fourth-order valence-electron chi connectivity index (χ4n) is 2.89. The van der Waals surface area contributed by atoms with E-state index >= 15 is 0 Å². The second-order valence-corrected chi connectivity index (χ2v) is 6.67. The van der Waals surface area contributed by atoms with Gasteiger partial charge in [-0.05, 0) is 24.3 Å². The smallest absolute Gasteiger partial charge is 0.297 e. The van der Waals surface area contributed by atoms with Gasteiger partial charge < -0.3 is 4.42 Å². The lowest BCUT2D eigenvalue weighted by atomic mass is 10.2. The minimum absolute atomic E-state index is 0.210. The molecule has 126 valence electrons. The molecular formula is C19H12N4O2S. The van der Waals surface area contributed by atoms with Gasteiger partial charge in [0.15, 0.2) is 0 Å². The first-order valence-electron chi connectivity index (χ1n) is 8.02. The molecule has 1 aromatic carbocycles. The monoisotopic (exact) mass is 360 g/mol. The van der Waals surface area contributed by atoms with Crippen LogP contribution in [0.1, 0.15) is 5.69 Å². The maximum absolute atomic E-state index is 12.8. The van der Waals surface area contributed by atoms with E-state index in [4.69, 9.17) is 4.42 Å². The van der Waals surface area contributed by atoms with Gasteiger partial charge in [-0.25, -0.2) is 9.97 Å². The zero-order valence-corrected chi connectivity index (χ0v) is 14.3. The van der Waals surface area contributed by atoms with Crippen LogP contribution in [-0.2, 0) is 6.54 Å². The van der Waals surface area contributed by atoms with Crippen molar-refractivity contribution in [3.63, 3.8) is 0 Å². The molecule has 0 fully saturated rings. The molecule has 0 atom stereocenters. The quantitative estimate of drug-likeness (QED) is 0.490. The number of pyridine rings is 1. The van der Waals surface area contributed by atoms with Gasteiger partial charge in [-0.2, -0.15) is 0 Å². The van der Waals surface area contributed by atoms with Crippen molar-refractivity contribution in [2.75, 3.05) is 0 Å². The molecule has 26 heavy (non-hydrogen) atoms. The molecule has 5 aromatic rings. The van der Waals surface area contributed by atoms with Crippen LogP contribution in [0.25, 0.3) is 32.8 Å². The molecule has 0 aliphatic carbocycles. The van der Waals surface area contributed by atoms with E-state index in [1.807, 2.05) is 47.8 Å². The molecule has 5 rings (SSSR count). The topological polar surface area (TPSA) is 73.8 Å².